The van der Waals surface area contributed by atoms with E-state index in [1.165, 1.54) is 24.3 Å². The van der Waals surface area contributed by atoms with E-state index in [0.717, 1.165) is 0 Å². The second kappa shape index (κ2) is 6.01. The number of alkyl halides is 3. The summed E-state index contributed by atoms with van der Waals surface area (Å²) in [6.07, 6.45) is -4.71. The van der Waals surface area contributed by atoms with E-state index >= 15 is 0 Å². The first-order chi connectivity index (χ1) is 9.83. The minimum atomic E-state index is -4.71. The standard InChI is InChI=1S/C14H10F3NO2S/c15-14(16,17)20-12-7-5-11(6-8-12)19-10-3-1-9(2-4-10)13(18)21/h1-8H,(H2,18,21). The third-order valence-corrected chi connectivity index (χ3v) is 2.67. The Morgan fingerprint density at radius 2 is 1.29 bits per heavy atom. The summed E-state index contributed by atoms with van der Waals surface area (Å²) in [6.45, 7) is 0. The van der Waals surface area contributed by atoms with E-state index in [2.05, 4.69) is 4.74 Å². The number of nitrogens with two attached hydrogens (primary N) is 1. The smallest absolute Gasteiger partial charge is 0.457 e. The Balaban J connectivity index is 2.04. The minimum Gasteiger partial charge on any atom is -0.457 e. The summed E-state index contributed by atoms with van der Waals surface area (Å²) in [4.78, 5) is 0.273. The highest BCUT2D eigenvalue weighted by Gasteiger charge is 2.30. The maximum Gasteiger partial charge on any atom is 0.573 e. The first-order valence-electron chi connectivity index (χ1n) is 5.77. The summed E-state index contributed by atoms with van der Waals surface area (Å²) < 4.78 is 45.3. The molecule has 0 aliphatic heterocycles. The van der Waals surface area contributed by atoms with Crippen LogP contribution in [-0.4, -0.2) is 11.4 Å². The maximum atomic E-state index is 12.0. The Kier molecular flexibility index (Phi) is 4.32. The summed E-state index contributed by atoms with van der Waals surface area (Å²) >= 11 is 4.82. The molecule has 110 valence electrons. The van der Waals surface area contributed by atoms with Gasteiger partial charge >= 0.3 is 6.36 Å². The zero-order valence-electron chi connectivity index (χ0n) is 10.6. The van der Waals surface area contributed by atoms with E-state index in [9.17, 15) is 13.2 Å². The molecular formula is C14H10F3NO2S. The van der Waals surface area contributed by atoms with Crippen LogP contribution in [0, 0.1) is 0 Å². The van der Waals surface area contributed by atoms with Crippen LogP contribution in [0.4, 0.5) is 13.2 Å². The van der Waals surface area contributed by atoms with Crippen molar-refractivity contribution < 1.29 is 22.6 Å². The lowest BCUT2D eigenvalue weighted by molar-refractivity contribution is -0.274. The number of hydrogen-bond donors (Lipinski definition) is 1. The molecule has 7 heteroatoms. The molecule has 0 spiro atoms. The van der Waals surface area contributed by atoms with Crippen LogP contribution in [0.15, 0.2) is 48.5 Å². The molecule has 0 saturated heterocycles. The van der Waals surface area contributed by atoms with Crippen molar-refractivity contribution in [1.29, 1.82) is 0 Å². The average Bonchev–Trinajstić information content (AvgIpc) is 2.40. The topological polar surface area (TPSA) is 44.5 Å². The SMILES string of the molecule is NC(=S)c1ccc(Oc2ccc(OC(F)(F)F)cc2)cc1. The molecule has 0 bridgehead atoms. The van der Waals surface area contributed by atoms with E-state index < -0.39 is 6.36 Å². The van der Waals surface area contributed by atoms with Gasteiger partial charge in [-0.05, 0) is 48.5 Å². The Morgan fingerprint density at radius 3 is 1.71 bits per heavy atom. The highest BCUT2D eigenvalue weighted by molar-refractivity contribution is 7.80. The van der Waals surface area contributed by atoms with Crippen molar-refractivity contribution in [1.82, 2.24) is 0 Å². The van der Waals surface area contributed by atoms with E-state index in [4.69, 9.17) is 22.7 Å². The van der Waals surface area contributed by atoms with E-state index in [1.54, 1.807) is 24.3 Å². The van der Waals surface area contributed by atoms with Gasteiger partial charge in [-0.3, -0.25) is 0 Å². The van der Waals surface area contributed by atoms with E-state index in [0.29, 0.717) is 17.1 Å². The molecule has 0 saturated carbocycles. The molecule has 0 aliphatic carbocycles. The van der Waals surface area contributed by atoms with Crippen molar-refractivity contribution in [2.24, 2.45) is 5.73 Å². The Morgan fingerprint density at radius 1 is 0.857 bits per heavy atom. The van der Waals surface area contributed by atoms with Crippen LogP contribution in [-0.2, 0) is 0 Å². The molecule has 3 nitrogen and oxygen atoms in total. The molecule has 2 aromatic rings. The first kappa shape index (κ1) is 15.1. The maximum absolute atomic E-state index is 12.0. The summed E-state index contributed by atoms with van der Waals surface area (Å²) in [5.41, 5.74) is 6.17. The van der Waals surface area contributed by atoms with Crippen molar-refractivity contribution >= 4 is 17.2 Å². The zero-order valence-corrected chi connectivity index (χ0v) is 11.4. The minimum absolute atomic E-state index is 0.273. The molecular weight excluding hydrogens is 303 g/mol. The molecule has 2 N–H and O–H groups in total. The molecule has 2 aromatic carbocycles. The van der Waals surface area contributed by atoms with Gasteiger partial charge in [0.15, 0.2) is 0 Å². The fraction of sp³-hybridized carbons (Fsp3) is 0.0714. The Labute approximate surface area is 124 Å². The van der Waals surface area contributed by atoms with Crippen molar-refractivity contribution in [3.8, 4) is 17.2 Å². The van der Waals surface area contributed by atoms with Gasteiger partial charge in [-0.2, -0.15) is 0 Å². The predicted molar refractivity (Wildman–Crippen MR) is 75.5 cm³/mol. The lowest BCUT2D eigenvalue weighted by Gasteiger charge is -2.10. The summed E-state index contributed by atoms with van der Waals surface area (Å²) in [6, 6.07) is 11.8. The van der Waals surface area contributed by atoms with Crippen LogP contribution in [0.1, 0.15) is 5.56 Å². The van der Waals surface area contributed by atoms with Gasteiger partial charge in [0.1, 0.15) is 22.2 Å². The van der Waals surface area contributed by atoms with Crippen molar-refractivity contribution in [2.45, 2.75) is 6.36 Å². The zero-order chi connectivity index (χ0) is 15.5. The molecule has 0 unspecified atom stereocenters. The van der Waals surface area contributed by atoms with Gasteiger partial charge in [-0.1, -0.05) is 12.2 Å². The molecule has 0 heterocycles. The van der Waals surface area contributed by atoms with Crippen molar-refractivity contribution in [3.05, 3.63) is 54.1 Å². The summed E-state index contributed by atoms with van der Waals surface area (Å²) in [5.74, 6) is 0.589. The second-order valence-electron chi connectivity index (χ2n) is 4.01. The lowest BCUT2D eigenvalue weighted by atomic mass is 10.2. The molecule has 2 rings (SSSR count). The summed E-state index contributed by atoms with van der Waals surface area (Å²) in [5, 5.41) is 0. The monoisotopic (exact) mass is 313 g/mol. The van der Waals surface area contributed by atoms with E-state index in [-0.39, 0.29) is 10.7 Å². The van der Waals surface area contributed by atoms with Gasteiger partial charge in [-0.25, -0.2) is 0 Å². The lowest BCUT2D eigenvalue weighted by Crippen LogP contribution is -2.16. The fourth-order valence-corrected chi connectivity index (χ4v) is 1.67. The highest BCUT2D eigenvalue weighted by atomic mass is 32.1. The highest BCUT2D eigenvalue weighted by Crippen LogP contribution is 2.27. The van der Waals surface area contributed by atoms with Crippen LogP contribution >= 0.6 is 12.2 Å². The second-order valence-corrected chi connectivity index (χ2v) is 4.45. The number of benzene rings is 2. The average molecular weight is 313 g/mol. The van der Waals surface area contributed by atoms with Crippen LogP contribution in [0.3, 0.4) is 0 Å². The van der Waals surface area contributed by atoms with Crippen LogP contribution in [0.2, 0.25) is 0 Å². The Hall–Kier alpha value is -2.28. The largest absolute Gasteiger partial charge is 0.573 e. The number of hydrogen-bond acceptors (Lipinski definition) is 3. The third-order valence-electron chi connectivity index (χ3n) is 2.43. The van der Waals surface area contributed by atoms with Gasteiger partial charge in [-0.15, -0.1) is 13.2 Å². The molecule has 0 radical (unpaired) electrons. The van der Waals surface area contributed by atoms with Gasteiger partial charge in [0.05, 0.1) is 0 Å². The van der Waals surface area contributed by atoms with Gasteiger partial charge in [0.25, 0.3) is 0 Å². The van der Waals surface area contributed by atoms with Gasteiger partial charge < -0.3 is 15.2 Å². The molecule has 0 fully saturated rings. The third kappa shape index (κ3) is 4.64. The van der Waals surface area contributed by atoms with Gasteiger partial charge in [0, 0.05) is 5.56 Å². The molecule has 0 aliphatic rings. The first-order valence-corrected chi connectivity index (χ1v) is 6.18. The predicted octanol–water partition coefficient (Wildman–Crippen LogP) is 4.01. The van der Waals surface area contributed by atoms with Crippen LogP contribution in [0.5, 0.6) is 17.2 Å². The number of halogens is 3. The van der Waals surface area contributed by atoms with Crippen LogP contribution < -0.4 is 15.2 Å². The molecule has 0 atom stereocenters. The molecule has 0 aromatic heterocycles. The van der Waals surface area contributed by atoms with E-state index in [1.807, 2.05) is 0 Å². The molecule has 21 heavy (non-hydrogen) atoms. The van der Waals surface area contributed by atoms with Crippen molar-refractivity contribution in [3.63, 3.8) is 0 Å². The van der Waals surface area contributed by atoms with Crippen LogP contribution in [0.25, 0.3) is 0 Å². The quantitative estimate of drug-likeness (QED) is 0.866. The number of ether oxygens (including phenoxy) is 2. The number of thiocarbonyl (C=S) groups is 1. The summed E-state index contributed by atoms with van der Waals surface area (Å²) in [7, 11) is 0. The number of rotatable bonds is 4. The normalized spacial score (nSPS) is 11.0. The Bertz CT molecular complexity index is 624. The molecule has 0 amide bonds. The van der Waals surface area contributed by atoms with Gasteiger partial charge in [0.2, 0.25) is 0 Å². The van der Waals surface area contributed by atoms with Crippen molar-refractivity contribution in [2.75, 3.05) is 0 Å². The fourth-order valence-electron chi connectivity index (χ4n) is 1.53.